The van der Waals surface area contributed by atoms with Gasteiger partial charge in [-0.1, -0.05) is 0 Å². The van der Waals surface area contributed by atoms with Crippen molar-refractivity contribution < 1.29 is 5.11 Å². The second kappa shape index (κ2) is 5.00. The van der Waals surface area contributed by atoms with Crippen molar-refractivity contribution in [3.05, 3.63) is 0 Å². The van der Waals surface area contributed by atoms with Crippen molar-refractivity contribution in [3.63, 3.8) is 0 Å². The van der Waals surface area contributed by atoms with Crippen LogP contribution in [-0.4, -0.2) is 66.8 Å². The minimum absolute atomic E-state index is 0.172. The molecule has 1 aliphatic carbocycles. The summed E-state index contributed by atoms with van der Waals surface area (Å²) in [6.45, 7) is 2.34. The Balaban J connectivity index is 1.89. The van der Waals surface area contributed by atoms with Gasteiger partial charge in [-0.2, -0.15) is 0 Å². The van der Waals surface area contributed by atoms with Crippen LogP contribution in [0.25, 0.3) is 0 Å². The quantitative estimate of drug-likeness (QED) is 0.678. The number of nitrogens with two attached hydrogens (primary N) is 1. The van der Waals surface area contributed by atoms with Crippen LogP contribution < -0.4 is 5.73 Å². The van der Waals surface area contributed by atoms with Crippen LogP contribution in [-0.2, 0) is 0 Å². The van der Waals surface area contributed by atoms with Crippen molar-refractivity contribution >= 4 is 0 Å². The van der Waals surface area contributed by atoms with Gasteiger partial charge in [-0.25, -0.2) is 0 Å². The SMILES string of the molecule is CN(C)C1CCN(C(CO)C(N)C2CC2)C1. The molecule has 0 aromatic rings. The van der Waals surface area contributed by atoms with Crippen molar-refractivity contribution in [1.29, 1.82) is 0 Å². The molecule has 1 heterocycles. The zero-order valence-electron chi connectivity index (χ0n) is 10.5. The first-order valence-corrected chi connectivity index (χ1v) is 6.40. The first kappa shape index (κ1) is 12.3. The van der Waals surface area contributed by atoms with Crippen molar-refractivity contribution in [1.82, 2.24) is 9.80 Å². The van der Waals surface area contributed by atoms with Gasteiger partial charge in [0.25, 0.3) is 0 Å². The van der Waals surface area contributed by atoms with E-state index in [1.165, 1.54) is 19.3 Å². The third-order valence-electron chi connectivity index (χ3n) is 4.19. The highest BCUT2D eigenvalue weighted by Gasteiger charge is 2.38. The summed E-state index contributed by atoms with van der Waals surface area (Å²) in [5.74, 6) is 0.663. The van der Waals surface area contributed by atoms with Crippen LogP contribution in [0.15, 0.2) is 0 Å². The first-order valence-electron chi connectivity index (χ1n) is 6.40. The maximum Gasteiger partial charge on any atom is 0.0602 e. The van der Waals surface area contributed by atoms with Crippen LogP contribution in [0.2, 0.25) is 0 Å². The maximum absolute atomic E-state index is 9.52. The number of likely N-dealkylation sites (tertiary alicyclic amines) is 1. The third-order valence-corrected chi connectivity index (χ3v) is 4.19. The van der Waals surface area contributed by atoms with E-state index in [9.17, 15) is 5.11 Å². The molecule has 0 bridgehead atoms. The Kier molecular flexibility index (Phi) is 3.85. The summed E-state index contributed by atoms with van der Waals surface area (Å²) < 4.78 is 0. The third kappa shape index (κ3) is 2.56. The van der Waals surface area contributed by atoms with Crippen LogP contribution in [0.5, 0.6) is 0 Å². The lowest BCUT2D eigenvalue weighted by atomic mass is 10.0. The van der Waals surface area contributed by atoms with E-state index in [2.05, 4.69) is 23.9 Å². The van der Waals surface area contributed by atoms with Gasteiger partial charge in [-0.3, -0.25) is 4.90 Å². The number of likely N-dealkylation sites (N-methyl/N-ethyl adjacent to an activating group) is 1. The summed E-state index contributed by atoms with van der Waals surface area (Å²) >= 11 is 0. The summed E-state index contributed by atoms with van der Waals surface area (Å²) in [6.07, 6.45) is 3.70. The Morgan fingerprint density at radius 1 is 1.38 bits per heavy atom. The molecule has 4 nitrogen and oxygen atoms in total. The Bertz CT molecular complexity index is 230. The van der Waals surface area contributed by atoms with Crippen LogP contribution >= 0.6 is 0 Å². The molecule has 0 radical (unpaired) electrons. The molecule has 0 amide bonds. The topological polar surface area (TPSA) is 52.7 Å². The molecule has 2 aliphatic rings. The predicted molar refractivity (Wildman–Crippen MR) is 65.2 cm³/mol. The summed E-state index contributed by atoms with van der Waals surface area (Å²) in [4.78, 5) is 4.66. The summed E-state index contributed by atoms with van der Waals surface area (Å²) in [5, 5.41) is 9.52. The summed E-state index contributed by atoms with van der Waals surface area (Å²) in [5.41, 5.74) is 6.22. The van der Waals surface area contributed by atoms with E-state index in [1.54, 1.807) is 0 Å². The lowest BCUT2D eigenvalue weighted by Gasteiger charge is -2.31. The molecule has 3 N–H and O–H groups in total. The van der Waals surface area contributed by atoms with Gasteiger partial charge in [0.1, 0.15) is 0 Å². The van der Waals surface area contributed by atoms with E-state index in [0.717, 1.165) is 13.1 Å². The molecule has 16 heavy (non-hydrogen) atoms. The number of rotatable bonds is 5. The molecule has 3 atom stereocenters. The predicted octanol–water partition coefficient (Wildman–Crippen LogP) is -0.279. The standard InChI is InChI=1S/C12H25N3O/c1-14(2)10-5-6-15(7-10)11(8-16)12(13)9-3-4-9/h9-12,16H,3-8,13H2,1-2H3. The van der Waals surface area contributed by atoms with Crippen molar-refractivity contribution in [3.8, 4) is 0 Å². The smallest absolute Gasteiger partial charge is 0.0602 e. The molecule has 0 aromatic carbocycles. The zero-order chi connectivity index (χ0) is 11.7. The summed E-state index contributed by atoms with van der Waals surface area (Å²) in [6, 6.07) is 0.976. The van der Waals surface area contributed by atoms with E-state index >= 15 is 0 Å². The molecule has 4 heteroatoms. The minimum atomic E-state index is 0.172. The number of aliphatic hydroxyl groups excluding tert-OH is 1. The van der Waals surface area contributed by atoms with Crippen molar-refractivity contribution in [2.75, 3.05) is 33.8 Å². The number of hydrogen-bond acceptors (Lipinski definition) is 4. The Morgan fingerprint density at radius 3 is 2.50 bits per heavy atom. The molecule has 2 rings (SSSR count). The van der Waals surface area contributed by atoms with E-state index in [4.69, 9.17) is 5.73 Å². The minimum Gasteiger partial charge on any atom is -0.395 e. The Morgan fingerprint density at radius 2 is 2.06 bits per heavy atom. The second-order valence-corrected chi connectivity index (χ2v) is 5.57. The van der Waals surface area contributed by atoms with Crippen molar-refractivity contribution in [2.24, 2.45) is 11.7 Å². The second-order valence-electron chi connectivity index (χ2n) is 5.57. The van der Waals surface area contributed by atoms with E-state index < -0.39 is 0 Å². The summed E-state index contributed by atoms with van der Waals surface area (Å²) in [7, 11) is 4.26. The Hall–Kier alpha value is -0.160. The van der Waals surface area contributed by atoms with E-state index in [0.29, 0.717) is 12.0 Å². The first-order chi connectivity index (χ1) is 7.63. The average Bonchev–Trinajstić information content (AvgIpc) is 2.99. The van der Waals surface area contributed by atoms with Crippen LogP contribution in [0.4, 0.5) is 0 Å². The normalized spacial score (nSPS) is 30.9. The number of nitrogens with zero attached hydrogens (tertiary/aromatic N) is 2. The highest BCUT2D eigenvalue weighted by molar-refractivity contribution is 4.96. The fourth-order valence-corrected chi connectivity index (χ4v) is 2.77. The number of aliphatic hydroxyl groups is 1. The van der Waals surface area contributed by atoms with E-state index in [1.807, 2.05) is 0 Å². The highest BCUT2D eigenvalue weighted by atomic mass is 16.3. The van der Waals surface area contributed by atoms with Gasteiger partial charge in [0.2, 0.25) is 0 Å². The maximum atomic E-state index is 9.52. The highest BCUT2D eigenvalue weighted by Crippen LogP contribution is 2.34. The Labute approximate surface area is 98.4 Å². The molecule has 3 unspecified atom stereocenters. The van der Waals surface area contributed by atoms with Crippen molar-refractivity contribution in [2.45, 2.75) is 37.4 Å². The van der Waals surface area contributed by atoms with Crippen LogP contribution in [0.3, 0.4) is 0 Å². The molecule has 1 saturated carbocycles. The molecule has 2 fully saturated rings. The van der Waals surface area contributed by atoms with Crippen LogP contribution in [0, 0.1) is 5.92 Å². The van der Waals surface area contributed by atoms with Gasteiger partial charge >= 0.3 is 0 Å². The molecule has 1 saturated heterocycles. The van der Waals surface area contributed by atoms with Gasteiger partial charge in [0, 0.05) is 31.2 Å². The number of hydrogen-bond donors (Lipinski definition) is 2. The zero-order valence-corrected chi connectivity index (χ0v) is 10.5. The molecule has 1 aliphatic heterocycles. The van der Waals surface area contributed by atoms with E-state index in [-0.39, 0.29) is 18.7 Å². The fraction of sp³-hybridized carbons (Fsp3) is 1.00. The average molecular weight is 227 g/mol. The largest absolute Gasteiger partial charge is 0.395 e. The molecular weight excluding hydrogens is 202 g/mol. The monoisotopic (exact) mass is 227 g/mol. The van der Waals surface area contributed by atoms with Gasteiger partial charge in [0.05, 0.1) is 6.61 Å². The molecular formula is C12H25N3O. The molecule has 0 spiro atoms. The molecule has 94 valence electrons. The lowest BCUT2D eigenvalue weighted by Crippen LogP contribution is -2.51. The van der Waals surface area contributed by atoms with Gasteiger partial charge < -0.3 is 15.7 Å². The van der Waals surface area contributed by atoms with Crippen LogP contribution in [0.1, 0.15) is 19.3 Å². The van der Waals surface area contributed by atoms with Gasteiger partial charge in [0.15, 0.2) is 0 Å². The van der Waals surface area contributed by atoms with Gasteiger partial charge in [-0.15, -0.1) is 0 Å². The lowest BCUT2D eigenvalue weighted by molar-refractivity contribution is 0.112. The van der Waals surface area contributed by atoms with Gasteiger partial charge in [-0.05, 0) is 39.3 Å². The fourth-order valence-electron chi connectivity index (χ4n) is 2.77. The molecule has 0 aromatic heterocycles.